The molecule has 0 aliphatic carbocycles. The van der Waals surface area contributed by atoms with Crippen molar-refractivity contribution < 1.29 is 9.59 Å². The molecular weight excluding hydrogens is 286 g/mol. The van der Waals surface area contributed by atoms with Crippen LogP contribution in [0.2, 0.25) is 0 Å². The zero-order chi connectivity index (χ0) is 15.0. The average Bonchev–Trinajstić information content (AvgIpc) is 3.17. The molecule has 21 heavy (non-hydrogen) atoms. The van der Waals surface area contributed by atoms with Crippen molar-refractivity contribution in [1.82, 2.24) is 9.80 Å². The van der Waals surface area contributed by atoms with Crippen LogP contribution in [0.15, 0.2) is 12.1 Å². The fourth-order valence-electron chi connectivity index (χ4n) is 3.59. The van der Waals surface area contributed by atoms with E-state index < -0.39 is 5.91 Å². The van der Waals surface area contributed by atoms with Crippen LogP contribution in [0.4, 0.5) is 0 Å². The van der Waals surface area contributed by atoms with E-state index in [1.165, 1.54) is 24.2 Å². The maximum absolute atomic E-state index is 12.7. The van der Waals surface area contributed by atoms with Crippen LogP contribution in [-0.2, 0) is 0 Å². The van der Waals surface area contributed by atoms with E-state index in [-0.39, 0.29) is 5.91 Å². The molecule has 2 unspecified atom stereocenters. The van der Waals surface area contributed by atoms with Crippen LogP contribution < -0.4 is 5.73 Å². The van der Waals surface area contributed by atoms with Crippen LogP contribution in [0.3, 0.4) is 0 Å². The summed E-state index contributed by atoms with van der Waals surface area (Å²) in [6.45, 7) is 1.94. The van der Waals surface area contributed by atoms with E-state index >= 15 is 0 Å². The number of likely N-dealkylation sites (N-methyl/N-ethyl adjacent to an activating group) is 1. The molecule has 3 rings (SSSR count). The predicted octanol–water partition coefficient (Wildman–Crippen LogP) is 1.55. The normalized spacial score (nSPS) is 26.4. The van der Waals surface area contributed by atoms with Crippen LogP contribution in [0, 0.1) is 0 Å². The van der Waals surface area contributed by atoms with E-state index in [0.717, 1.165) is 25.9 Å². The van der Waals surface area contributed by atoms with Crippen LogP contribution in [0.5, 0.6) is 0 Å². The van der Waals surface area contributed by atoms with Crippen molar-refractivity contribution >= 4 is 23.2 Å². The summed E-state index contributed by atoms with van der Waals surface area (Å²) >= 11 is 1.20. The first kappa shape index (κ1) is 14.5. The molecule has 0 radical (unpaired) electrons. The smallest absolute Gasteiger partial charge is 0.264 e. The minimum absolute atomic E-state index is 0.0512. The second-order valence-corrected chi connectivity index (χ2v) is 7.01. The van der Waals surface area contributed by atoms with Crippen molar-refractivity contribution in [3.05, 3.63) is 21.9 Å². The molecule has 2 aliphatic rings. The second-order valence-electron chi connectivity index (χ2n) is 5.93. The first-order valence-corrected chi connectivity index (χ1v) is 8.30. The summed E-state index contributed by atoms with van der Waals surface area (Å²) in [6, 6.07) is 4.16. The van der Waals surface area contributed by atoms with Crippen molar-refractivity contribution in [2.75, 3.05) is 20.1 Å². The Morgan fingerprint density at radius 3 is 2.43 bits per heavy atom. The first-order chi connectivity index (χ1) is 10.1. The fraction of sp³-hybridized carbons (Fsp3) is 0.600. The number of nitrogens with zero attached hydrogens (tertiary/aromatic N) is 2. The molecule has 0 saturated carbocycles. The van der Waals surface area contributed by atoms with Crippen molar-refractivity contribution in [2.24, 2.45) is 5.73 Å². The van der Waals surface area contributed by atoms with Gasteiger partial charge in [0.25, 0.3) is 11.8 Å². The molecule has 0 aromatic carbocycles. The third-order valence-electron chi connectivity index (χ3n) is 4.64. The quantitative estimate of drug-likeness (QED) is 0.921. The summed E-state index contributed by atoms with van der Waals surface area (Å²) in [4.78, 5) is 29.3. The Bertz CT molecular complexity index is 557. The molecular formula is C15H21N3O2S. The molecule has 2 aliphatic heterocycles. The van der Waals surface area contributed by atoms with Crippen LogP contribution >= 0.6 is 11.3 Å². The number of thiophene rings is 1. The molecule has 0 spiro atoms. The largest absolute Gasteiger partial charge is 0.365 e. The number of hydrogen-bond acceptors (Lipinski definition) is 4. The minimum Gasteiger partial charge on any atom is -0.365 e. The van der Waals surface area contributed by atoms with Gasteiger partial charge in [0.05, 0.1) is 9.75 Å². The highest BCUT2D eigenvalue weighted by molar-refractivity contribution is 7.15. The van der Waals surface area contributed by atoms with Gasteiger partial charge in [0.2, 0.25) is 0 Å². The number of amides is 2. The van der Waals surface area contributed by atoms with Crippen LogP contribution in [0.25, 0.3) is 0 Å². The van der Waals surface area contributed by atoms with Crippen molar-refractivity contribution in [3.8, 4) is 0 Å². The Balaban J connectivity index is 1.77. The van der Waals surface area contributed by atoms with Gasteiger partial charge in [-0.3, -0.25) is 9.59 Å². The Kier molecular flexibility index (Phi) is 3.99. The van der Waals surface area contributed by atoms with Gasteiger partial charge in [-0.05, 0) is 51.4 Å². The molecule has 1 aromatic heterocycles. The molecule has 114 valence electrons. The van der Waals surface area contributed by atoms with Gasteiger partial charge >= 0.3 is 0 Å². The highest BCUT2D eigenvalue weighted by Crippen LogP contribution is 2.31. The lowest BCUT2D eigenvalue weighted by Gasteiger charge is -2.33. The summed E-state index contributed by atoms with van der Waals surface area (Å²) in [7, 11) is 2.15. The molecule has 5 nitrogen and oxygen atoms in total. The first-order valence-electron chi connectivity index (χ1n) is 7.49. The number of hydrogen-bond donors (Lipinski definition) is 1. The monoisotopic (exact) mass is 307 g/mol. The Hall–Kier alpha value is -1.40. The van der Waals surface area contributed by atoms with Crippen molar-refractivity contribution in [2.45, 2.75) is 37.8 Å². The third kappa shape index (κ3) is 2.70. The fourth-order valence-corrected chi connectivity index (χ4v) is 4.41. The number of primary amides is 1. The summed E-state index contributed by atoms with van der Waals surface area (Å²) in [5.41, 5.74) is 5.27. The molecule has 3 heterocycles. The Morgan fingerprint density at radius 1 is 1.14 bits per heavy atom. The zero-order valence-electron chi connectivity index (χ0n) is 12.2. The van der Waals surface area contributed by atoms with E-state index in [4.69, 9.17) is 5.73 Å². The van der Waals surface area contributed by atoms with Gasteiger partial charge in [-0.25, -0.2) is 0 Å². The summed E-state index contributed by atoms with van der Waals surface area (Å²) in [6.07, 6.45) is 4.52. The van der Waals surface area contributed by atoms with Gasteiger partial charge < -0.3 is 15.5 Å². The average molecular weight is 307 g/mol. The van der Waals surface area contributed by atoms with Crippen LogP contribution in [0.1, 0.15) is 45.0 Å². The van der Waals surface area contributed by atoms with Gasteiger partial charge in [-0.1, -0.05) is 0 Å². The van der Waals surface area contributed by atoms with Gasteiger partial charge in [0.15, 0.2) is 0 Å². The van der Waals surface area contributed by atoms with E-state index in [2.05, 4.69) is 11.9 Å². The van der Waals surface area contributed by atoms with E-state index in [1.54, 1.807) is 12.1 Å². The topological polar surface area (TPSA) is 66.6 Å². The predicted molar refractivity (Wildman–Crippen MR) is 82.5 cm³/mol. The summed E-state index contributed by atoms with van der Waals surface area (Å²) in [5, 5.41) is 0. The third-order valence-corrected chi connectivity index (χ3v) is 5.73. The lowest BCUT2D eigenvalue weighted by Crippen LogP contribution is -2.46. The maximum atomic E-state index is 12.7. The van der Waals surface area contributed by atoms with Crippen molar-refractivity contribution in [3.63, 3.8) is 0 Å². The molecule has 2 amide bonds. The number of carbonyl (C=O) groups excluding carboxylic acids is 2. The molecule has 2 fully saturated rings. The van der Waals surface area contributed by atoms with E-state index in [1.807, 2.05) is 4.90 Å². The van der Waals surface area contributed by atoms with Gasteiger partial charge in [-0.2, -0.15) is 0 Å². The molecule has 2 saturated heterocycles. The van der Waals surface area contributed by atoms with Crippen molar-refractivity contribution in [1.29, 1.82) is 0 Å². The standard InChI is InChI=1S/C15H21N3O2S/c1-17-8-2-4-10(17)11-5-3-9-18(11)15(20)13-7-6-12(21-13)14(16)19/h6-7,10-11H,2-5,8-9H2,1H3,(H2,16,19). The summed E-state index contributed by atoms with van der Waals surface area (Å²) < 4.78 is 0. The highest BCUT2D eigenvalue weighted by atomic mass is 32.1. The Labute approximate surface area is 128 Å². The zero-order valence-corrected chi connectivity index (χ0v) is 13.1. The van der Waals surface area contributed by atoms with Gasteiger partial charge in [0, 0.05) is 18.6 Å². The van der Waals surface area contributed by atoms with Gasteiger partial charge in [0.1, 0.15) is 0 Å². The molecule has 0 bridgehead atoms. The highest BCUT2D eigenvalue weighted by Gasteiger charge is 2.38. The number of likely N-dealkylation sites (tertiary alicyclic amines) is 2. The molecule has 2 atom stereocenters. The SMILES string of the molecule is CN1CCCC1C1CCCN1C(=O)c1ccc(C(N)=O)s1. The number of rotatable bonds is 3. The molecule has 2 N–H and O–H groups in total. The van der Waals surface area contributed by atoms with Gasteiger partial charge in [-0.15, -0.1) is 11.3 Å². The molecule has 6 heteroatoms. The minimum atomic E-state index is -0.465. The number of nitrogens with two attached hydrogens (primary N) is 1. The van der Waals surface area contributed by atoms with E-state index in [0.29, 0.717) is 21.8 Å². The van der Waals surface area contributed by atoms with E-state index in [9.17, 15) is 9.59 Å². The second kappa shape index (κ2) is 5.77. The summed E-state index contributed by atoms with van der Waals surface area (Å²) in [5.74, 6) is -0.414. The lowest BCUT2D eigenvalue weighted by atomic mass is 10.0. The van der Waals surface area contributed by atoms with Crippen LogP contribution in [-0.4, -0.2) is 53.8 Å². The Morgan fingerprint density at radius 2 is 1.81 bits per heavy atom. The number of carbonyl (C=O) groups is 2. The maximum Gasteiger partial charge on any atom is 0.264 e. The molecule has 1 aromatic rings. The lowest BCUT2D eigenvalue weighted by molar-refractivity contribution is 0.0669.